The van der Waals surface area contributed by atoms with Gasteiger partial charge in [0.25, 0.3) is 5.91 Å². The van der Waals surface area contributed by atoms with Crippen LogP contribution in [0.5, 0.6) is 0 Å². The normalized spacial score (nSPS) is 12.4. The third kappa shape index (κ3) is 5.33. The Morgan fingerprint density at radius 3 is 2.53 bits per heavy atom. The lowest BCUT2D eigenvalue weighted by Gasteiger charge is -2.15. The highest BCUT2D eigenvalue weighted by atomic mass is 35.5. The second-order valence-electron chi connectivity index (χ2n) is 6.76. The van der Waals surface area contributed by atoms with Gasteiger partial charge in [-0.2, -0.15) is 4.80 Å². The Morgan fingerprint density at radius 1 is 1.20 bits per heavy atom. The molecule has 3 aromatic rings. The summed E-state index contributed by atoms with van der Waals surface area (Å²) < 4.78 is 25.5. The quantitative estimate of drug-likeness (QED) is 0.572. The molecule has 0 saturated heterocycles. The monoisotopic (exact) mass is 448 g/mol. The average Bonchev–Trinajstić information content (AvgIpc) is 3.14. The Balaban J connectivity index is 1.79. The van der Waals surface area contributed by atoms with Crippen molar-refractivity contribution in [2.45, 2.75) is 26.3 Å². The number of sulfonamides is 1. The maximum Gasteiger partial charge on any atom is 0.251 e. The fourth-order valence-electron chi connectivity index (χ4n) is 2.76. The topological polar surface area (TPSA) is 119 Å². The number of hydrogen-bond acceptors (Lipinski definition) is 6. The van der Waals surface area contributed by atoms with Crippen LogP contribution in [0.4, 0.5) is 11.4 Å². The molecule has 11 heteroatoms. The summed E-state index contributed by atoms with van der Waals surface area (Å²) in [6.45, 7) is 3.60. The van der Waals surface area contributed by atoms with Crippen molar-refractivity contribution in [3.63, 3.8) is 0 Å². The predicted molar refractivity (Wildman–Crippen MR) is 116 cm³/mol. The molecule has 3 rings (SSSR count). The van der Waals surface area contributed by atoms with Gasteiger partial charge in [0.15, 0.2) is 6.04 Å². The first-order valence-corrected chi connectivity index (χ1v) is 11.4. The van der Waals surface area contributed by atoms with Crippen molar-refractivity contribution in [2.75, 3.05) is 16.3 Å². The number of anilines is 2. The van der Waals surface area contributed by atoms with E-state index in [0.717, 1.165) is 17.4 Å². The number of tetrazole rings is 1. The van der Waals surface area contributed by atoms with Crippen molar-refractivity contribution < 1.29 is 13.2 Å². The number of nitrogens with zero attached hydrogens (tertiary/aromatic N) is 4. The van der Waals surface area contributed by atoms with E-state index in [0.29, 0.717) is 28.6 Å². The van der Waals surface area contributed by atoms with Crippen LogP contribution in [0.25, 0.3) is 11.4 Å². The Kier molecular flexibility index (Phi) is 6.37. The first-order valence-electron chi connectivity index (χ1n) is 9.11. The van der Waals surface area contributed by atoms with Crippen molar-refractivity contribution in [3.05, 3.63) is 53.1 Å². The van der Waals surface area contributed by atoms with Gasteiger partial charge in [-0.1, -0.05) is 24.6 Å². The highest BCUT2D eigenvalue weighted by molar-refractivity contribution is 7.92. The highest BCUT2D eigenvalue weighted by Gasteiger charge is 2.22. The average molecular weight is 449 g/mol. The van der Waals surface area contributed by atoms with Crippen LogP contribution in [0.2, 0.25) is 5.02 Å². The van der Waals surface area contributed by atoms with Crippen LogP contribution in [-0.2, 0) is 14.8 Å². The first-order chi connectivity index (χ1) is 14.2. The lowest BCUT2D eigenvalue weighted by atomic mass is 10.1. The number of hydrogen-bond donors (Lipinski definition) is 2. The van der Waals surface area contributed by atoms with Crippen LogP contribution in [0, 0.1) is 6.92 Å². The van der Waals surface area contributed by atoms with Crippen molar-refractivity contribution in [1.82, 2.24) is 20.2 Å². The summed E-state index contributed by atoms with van der Waals surface area (Å²) in [5.41, 5.74) is 2.31. The number of rotatable bonds is 7. The lowest BCUT2D eigenvalue weighted by molar-refractivity contribution is -0.119. The van der Waals surface area contributed by atoms with Gasteiger partial charge >= 0.3 is 0 Å². The molecule has 0 aliphatic carbocycles. The van der Waals surface area contributed by atoms with Crippen LogP contribution in [-0.4, -0.2) is 40.8 Å². The van der Waals surface area contributed by atoms with Crippen molar-refractivity contribution in [1.29, 1.82) is 0 Å². The minimum atomic E-state index is -3.44. The summed E-state index contributed by atoms with van der Waals surface area (Å²) in [5, 5.41) is 15.7. The lowest BCUT2D eigenvalue weighted by Crippen LogP contribution is -2.27. The molecule has 1 atom stereocenters. The molecular weight excluding hydrogens is 428 g/mol. The molecule has 30 heavy (non-hydrogen) atoms. The second-order valence-corrected chi connectivity index (χ2v) is 8.94. The number of amides is 1. The molecule has 2 aromatic carbocycles. The van der Waals surface area contributed by atoms with E-state index in [1.54, 1.807) is 49.4 Å². The molecule has 1 amide bonds. The van der Waals surface area contributed by atoms with E-state index in [-0.39, 0.29) is 5.91 Å². The van der Waals surface area contributed by atoms with Gasteiger partial charge in [0.2, 0.25) is 15.8 Å². The Labute approximate surface area is 179 Å². The summed E-state index contributed by atoms with van der Waals surface area (Å²) in [7, 11) is -3.44. The van der Waals surface area contributed by atoms with Crippen molar-refractivity contribution in [2.24, 2.45) is 0 Å². The van der Waals surface area contributed by atoms with Crippen LogP contribution >= 0.6 is 11.6 Å². The van der Waals surface area contributed by atoms with Crippen LogP contribution < -0.4 is 10.0 Å². The number of carbonyl (C=O) groups excluding carboxylic acids is 1. The zero-order valence-corrected chi connectivity index (χ0v) is 18.2. The maximum atomic E-state index is 12.8. The molecule has 0 bridgehead atoms. The van der Waals surface area contributed by atoms with Gasteiger partial charge in [0, 0.05) is 16.3 Å². The van der Waals surface area contributed by atoms with Crippen LogP contribution in [0.3, 0.4) is 0 Å². The van der Waals surface area contributed by atoms with Gasteiger partial charge in [-0.15, -0.1) is 10.2 Å². The number of halogens is 1. The van der Waals surface area contributed by atoms with E-state index in [4.69, 9.17) is 11.6 Å². The van der Waals surface area contributed by atoms with Gasteiger partial charge in [-0.25, -0.2) is 8.42 Å². The summed E-state index contributed by atoms with van der Waals surface area (Å²) >= 11 is 5.90. The molecule has 0 aliphatic heterocycles. The van der Waals surface area contributed by atoms with E-state index < -0.39 is 16.1 Å². The van der Waals surface area contributed by atoms with E-state index >= 15 is 0 Å². The molecule has 1 unspecified atom stereocenters. The standard InChI is InChI=1S/C19H21ClN6O3S/c1-4-17(26-23-18(22-25-26)13-6-8-14(20)9-7-13)19(27)21-15-10-5-12(2)16(11-15)24-30(3,28)29/h5-11,17,24H,4H2,1-3H3,(H,21,27). The van der Waals surface area contributed by atoms with Gasteiger partial charge in [0.1, 0.15) is 0 Å². The first kappa shape index (κ1) is 21.7. The molecule has 158 valence electrons. The Morgan fingerprint density at radius 2 is 1.90 bits per heavy atom. The molecule has 0 aliphatic rings. The van der Waals surface area contributed by atoms with E-state index in [9.17, 15) is 13.2 Å². The number of carbonyl (C=O) groups is 1. The summed E-state index contributed by atoms with van der Waals surface area (Å²) in [4.78, 5) is 14.1. The number of aromatic nitrogens is 4. The zero-order valence-electron chi connectivity index (χ0n) is 16.6. The summed E-state index contributed by atoms with van der Waals surface area (Å²) in [6, 6.07) is 11.3. The Bertz CT molecular complexity index is 1160. The highest BCUT2D eigenvalue weighted by Crippen LogP contribution is 2.23. The third-order valence-corrected chi connectivity index (χ3v) is 5.14. The molecule has 1 aromatic heterocycles. The van der Waals surface area contributed by atoms with E-state index in [1.807, 2.05) is 6.92 Å². The number of aryl methyl sites for hydroxylation is 1. The molecule has 9 nitrogen and oxygen atoms in total. The molecule has 0 fully saturated rings. The maximum absolute atomic E-state index is 12.8. The van der Waals surface area contributed by atoms with Crippen LogP contribution in [0.1, 0.15) is 24.9 Å². The molecule has 0 radical (unpaired) electrons. The number of benzene rings is 2. The zero-order chi connectivity index (χ0) is 21.9. The largest absolute Gasteiger partial charge is 0.324 e. The third-order valence-electron chi connectivity index (χ3n) is 4.30. The summed E-state index contributed by atoms with van der Waals surface area (Å²) in [5.74, 6) is 0.0413. The predicted octanol–water partition coefficient (Wildman–Crippen LogP) is 3.26. The molecule has 0 saturated carbocycles. The fraction of sp³-hybridized carbons (Fsp3) is 0.263. The second kappa shape index (κ2) is 8.80. The minimum Gasteiger partial charge on any atom is -0.324 e. The summed E-state index contributed by atoms with van der Waals surface area (Å²) in [6.07, 6.45) is 1.50. The molecule has 1 heterocycles. The smallest absolute Gasteiger partial charge is 0.251 e. The van der Waals surface area contributed by atoms with Gasteiger partial charge in [-0.3, -0.25) is 9.52 Å². The number of nitrogens with one attached hydrogen (secondary N) is 2. The Hall–Kier alpha value is -2.98. The van der Waals surface area contributed by atoms with E-state index in [2.05, 4.69) is 25.4 Å². The van der Waals surface area contributed by atoms with Crippen molar-refractivity contribution >= 4 is 38.9 Å². The van der Waals surface area contributed by atoms with Gasteiger partial charge < -0.3 is 5.32 Å². The molecule has 2 N–H and O–H groups in total. The SMILES string of the molecule is CCC(C(=O)Nc1ccc(C)c(NS(C)(=O)=O)c1)n1nnc(-c2ccc(Cl)cc2)n1. The van der Waals surface area contributed by atoms with Crippen LogP contribution in [0.15, 0.2) is 42.5 Å². The van der Waals surface area contributed by atoms with Crippen molar-refractivity contribution in [3.8, 4) is 11.4 Å². The fourth-order valence-corrected chi connectivity index (χ4v) is 3.51. The van der Waals surface area contributed by atoms with Gasteiger partial charge in [-0.05, 0) is 60.5 Å². The van der Waals surface area contributed by atoms with E-state index in [1.165, 1.54) is 4.80 Å². The minimum absolute atomic E-state index is 0.341. The molecule has 0 spiro atoms. The van der Waals surface area contributed by atoms with Gasteiger partial charge in [0.05, 0.1) is 11.9 Å². The molecular formula is C19H21ClN6O3S.